The van der Waals surface area contributed by atoms with E-state index in [-0.39, 0.29) is 0 Å². The van der Waals surface area contributed by atoms with Crippen LogP contribution < -0.4 is 10.5 Å². The van der Waals surface area contributed by atoms with Crippen molar-refractivity contribution in [3.05, 3.63) is 24.0 Å². The van der Waals surface area contributed by atoms with Crippen molar-refractivity contribution < 1.29 is 9.53 Å². The van der Waals surface area contributed by atoms with Crippen molar-refractivity contribution in [1.29, 1.82) is 0 Å². The van der Waals surface area contributed by atoms with Crippen molar-refractivity contribution in [2.45, 2.75) is 51.5 Å². The molecule has 2 N–H and O–H groups in total. The predicted molar refractivity (Wildman–Crippen MR) is 114 cm³/mol. The molecule has 3 heterocycles. The van der Waals surface area contributed by atoms with E-state index in [1.54, 1.807) is 6.07 Å². The number of primary amides is 1. The number of carbonyl (C=O) groups is 1. The number of nitrogens with two attached hydrogens (primary N) is 1. The third-order valence-corrected chi connectivity index (χ3v) is 6.25. The van der Waals surface area contributed by atoms with Crippen LogP contribution in [0.1, 0.15) is 50.8 Å². The zero-order chi connectivity index (χ0) is 20.2. The predicted octanol–water partition coefficient (Wildman–Crippen LogP) is 3.18. The maximum atomic E-state index is 11.4. The summed E-state index contributed by atoms with van der Waals surface area (Å²) in [6.45, 7) is 9.86. The quantitative estimate of drug-likeness (QED) is 0.774. The maximum Gasteiger partial charge on any atom is 0.410 e. The largest absolute Gasteiger partial charge is 0.410 e. The molecule has 0 radical (unpaired) electrons. The first-order valence-electron chi connectivity index (χ1n) is 11.1. The first-order chi connectivity index (χ1) is 14.2. The molecule has 29 heavy (non-hydrogen) atoms. The third kappa shape index (κ3) is 4.56. The standard InChI is InChI=1S/C22H33N5O2/c1-2-10-26-13-9-17(16-26)21-24-20-18(7-6-8-19(20)29-22(23)28)27(21)15-14-25-11-4-3-5-12-25/h6-8,17H,2-5,9-16H2,1H3,(H2,23,28). The summed E-state index contributed by atoms with van der Waals surface area (Å²) in [5, 5.41) is 0. The molecule has 0 bridgehead atoms. The van der Waals surface area contributed by atoms with Crippen molar-refractivity contribution >= 4 is 17.1 Å². The number of hydrogen-bond acceptors (Lipinski definition) is 5. The summed E-state index contributed by atoms with van der Waals surface area (Å²) in [6, 6.07) is 5.77. The van der Waals surface area contributed by atoms with Gasteiger partial charge in [-0.05, 0) is 64.0 Å². The molecule has 1 atom stereocenters. The number of likely N-dealkylation sites (tertiary alicyclic amines) is 2. The maximum absolute atomic E-state index is 11.4. The van der Waals surface area contributed by atoms with Crippen LogP contribution in [-0.2, 0) is 6.54 Å². The Morgan fingerprint density at radius 1 is 1.14 bits per heavy atom. The smallest absolute Gasteiger partial charge is 0.408 e. The molecule has 4 rings (SSSR count). The van der Waals surface area contributed by atoms with Crippen LogP contribution in [0.25, 0.3) is 11.0 Å². The van der Waals surface area contributed by atoms with Crippen LogP contribution in [0.2, 0.25) is 0 Å². The summed E-state index contributed by atoms with van der Waals surface area (Å²) in [6.07, 6.45) is 5.44. The molecule has 1 amide bonds. The number of para-hydroxylation sites is 1. The van der Waals surface area contributed by atoms with Gasteiger partial charge in [-0.25, -0.2) is 9.78 Å². The Bertz CT molecular complexity index is 843. The second-order valence-electron chi connectivity index (χ2n) is 8.36. The van der Waals surface area contributed by atoms with E-state index >= 15 is 0 Å². The highest BCUT2D eigenvalue weighted by Crippen LogP contribution is 2.33. The molecule has 2 aliphatic heterocycles. The summed E-state index contributed by atoms with van der Waals surface area (Å²) in [5.41, 5.74) is 7.06. The zero-order valence-electron chi connectivity index (χ0n) is 17.5. The molecule has 158 valence electrons. The van der Waals surface area contributed by atoms with Crippen molar-refractivity contribution in [2.24, 2.45) is 5.73 Å². The fourth-order valence-electron chi connectivity index (χ4n) is 4.86. The molecule has 2 fully saturated rings. The van der Waals surface area contributed by atoms with Crippen LogP contribution in [0, 0.1) is 0 Å². The highest BCUT2D eigenvalue weighted by atomic mass is 16.5. The summed E-state index contributed by atoms with van der Waals surface area (Å²) >= 11 is 0. The highest BCUT2D eigenvalue weighted by molar-refractivity contribution is 5.85. The molecule has 2 aliphatic rings. The van der Waals surface area contributed by atoms with Gasteiger partial charge in [0, 0.05) is 25.6 Å². The van der Waals surface area contributed by atoms with Gasteiger partial charge in [-0.2, -0.15) is 0 Å². The first kappa shape index (κ1) is 20.2. The number of hydrogen-bond donors (Lipinski definition) is 1. The van der Waals surface area contributed by atoms with Gasteiger partial charge in [0.25, 0.3) is 0 Å². The number of piperidine rings is 1. The van der Waals surface area contributed by atoms with Crippen LogP contribution in [0.15, 0.2) is 18.2 Å². The number of nitrogens with zero attached hydrogens (tertiary/aromatic N) is 4. The minimum atomic E-state index is -0.795. The van der Waals surface area contributed by atoms with Crippen molar-refractivity contribution in [2.75, 3.05) is 39.3 Å². The van der Waals surface area contributed by atoms with Gasteiger partial charge in [0.2, 0.25) is 0 Å². The number of imidazole rings is 1. The SMILES string of the molecule is CCCN1CCC(c2nc3c(OC(N)=O)cccc3n2CCN2CCCCC2)C1. The molecule has 0 spiro atoms. The fraction of sp³-hybridized carbons (Fsp3) is 0.636. The van der Waals surface area contributed by atoms with Crippen LogP contribution >= 0.6 is 0 Å². The van der Waals surface area contributed by atoms with E-state index in [0.29, 0.717) is 11.7 Å². The minimum absolute atomic E-state index is 0.414. The average Bonchev–Trinajstić information content (AvgIpc) is 3.32. The number of rotatable bonds is 7. The van der Waals surface area contributed by atoms with E-state index in [9.17, 15) is 4.79 Å². The molecular formula is C22H33N5O2. The summed E-state index contributed by atoms with van der Waals surface area (Å²) in [7, 11) is 0. The Balaban J connectivity index is 1.64. The van der Waals surface area contributed by atoms with Gasteiger partial charge in [-0.1, -0.05) is 19.4 Å². The Hall–Kier alpha value is -2.12. The van der Waals surface area contributed by atoms with Gasteiger partial charge in [0.1, 0.15) is 11.3 Å². The Morgan fingerprint density at radius 3 is 2.72 bits per heavy atom. The Kier molecular flexibility index (Phi) is 6.35. The van der Waals surface area contributed by atoms with Gasteiger partial charge >= 0.3 is 6.09 Å². The molecule has 2 saturated heterocycles. The first-order valence-corrected chi connectivity index (χ1v) is 11.1. The topological polar surface area (TPSA) is 76.6 Å². The van der Waals surface area contributed by atoms with E-state index in [1.807, 2.05) is 6.07 Å². The number of benzene rings is 1. The Labute approximate surface area is 172 Å². The lowest BCUT2D eigenvalue weighted by Crippen LogP contribution is -2.33. The van der Waals surface area contributed by atoms with Gasteiger partial charge in [-0.15, -0.1) is 0 Å². The lowest BCUT2D eigenvalue weighted by molar-refractivity contribution is 0.211. The van der Waals surface area contributed by atoms with Crippen molar-refractivity contribution in [1.82, 2.24) is 19.4 Å². The molecule has 1 unspecified atom stereocenters. The molecule has 1 aromatic carbocycles. The lowest BCUT2D eigenvalue weighted by Gasteiger charge is -2.27. The molecular weight excluding hydrogens is 366 g/mol. The number of carbonyl (C=O) groups excluding carboxylic acids is 1. The average molecular weight is 400 g/mol. The van der Waals surface area contributed by atoms with Gasteiger partial charge in [-0.3, -0.25) is 0 Å². The normalized spacial score (nSPS) is 21.1. The van der Waals surface area contributed by atoms with Crippen LogP contribution in [-0.4, -0.2) is 64.7 Å². The van der Waals surface area contributed by atoms with Crippen LogP contribution in [0.3, 0.4) is 0 Å². The summed E-state index contributed by atoms with van der Waals surface area (Å²) in [4.78, 5) is 21.4. The number of aromatic nitrogens is 2. The summed E-state index contributed by atoms with van der Waals surface area (Å²) < 4.78 is 7.61. The van der Waals surface area contributed by atoms with Gasteiger partial charge in [0.05, 0.1) is 5.52 Å². The third-order valence-electron chi connectivity index (χ3n) is 6.25. The van der Waals surface area contributed by atoms with E-state index in [2.05, 4.69) is 27.4 Å². The molecule has 0 saturated carbocycles. The molecule has 1 aromatic heterocycles. The number of fused-ring (bicyclic) bond motifs is 1. The molecule has 7 nitrogen and oxygen atoms in total. The van der Waals surface area contributed by atoms with E-state index in [0.717, 1.165) is 56.0 Å². The molecule has 0 aliphatic carbocycles. The number of ether oxygens (including phenoxy) is 1. The van der Waals surface area contributed by atoms with E-state index in [4.69, 9.17) is 15.5 Å². The monoisotopic (exact) mass is 399 g/mol. The second-order valence-corrected chi connectivity index (χ2v) is 8.36. The number of amides is 1. The fourth-order valence-corrected chi connectivity index (χ4v) is 4.86. The zero-order valence-corrected chi connectivity index (χ0v) is 17.5. The van der Waals surface area contributed by atoms with Gasteiger partial charge in [0.15, 0.2) is 5.75 Å². The Morgan fingerprint density at radius 2 is 1.97 bits per heavy atom. The minimum Gasteiger partial charge on any atom is -0.408 e. The van der Waals surface area contributed by atoms with E-state index in [1.165, 1.54) is 38.8 Å². The second kappa shape index (κ2) is 9.13. The summed E-state index contributed by atoms with van der Waals surface area (Å²) in [5.74, 6) is 1.99. The van der Waals surface area contributed by atoms with Crippen LogP contribution in [0.5, 0.6) is 5.75 Å². The van der Waals surface area contributed by atoms with Crippen molar-refractivity contribution in [3.63, 3.8) is 0 Å². The van der Waals surface area contributed by atoms with Gasteiger partial charge < -0.3 is 24.8 Å². The van der Waals surface area contributed by atoms with E-state index < -0.39 is 6.09 Å². The molecule has 2 aromatic rings. The lowest BCUT2D eigenvalue weighted by atomic mass is 10.1. The van der Waals surface area contributed by atoms with Crippen LogP contribution in [0.4, 0.5) is 4.79 Å². The molecule has 7 heteroatoms. The highest BCUT2D eigenvalue weighted by Gasteiger charge is 2.29. The van der Waals surface area contributed by atoms with Crippen molar-refractivity contribution in [3.8, 4) is 5.75 Å².